The fraction of sp³-hybridized carbons (Fsp3) is 0.333. The Morgan fingerprint density at radius 2 is 1.73 bits per heavy atom. The molecule has 26 heavy (non-hydrogen) atoms. The van der Waals surface area contributed by atoms with E-state index in [9.17, 15) is 14.4 Å². The number of carbonyl (C=O) groups is 3. The Bertz CT molecular complexity index is 796. The third-order valence-electron chi connectivity index (χ3n) is 3.49. The van der Waals surface area contributed by atoms with Crippen LogP contribution < -0.4 is 10.6 Å². The highest BCUT2D eigenvalue weighted by Crippen LogP contribution is 2.12. The number of ether oxygens (including phenoxy) is 1. The van der Waals surface area contributed by atoms with Crippen LogP contribution in [-0.4, -0.2) is 39.8 Å². The number of aryl methyl sites for hydroxylation is 1. The number of esters is 1. The topological polar surface area (TPSA) is 102 Å². The molecule has 8 nitrogen and oxygen atoms in total. The van der Waals surface area contributed by atoms with Gasteiger partial charge in [0.2, 0.25) is 0 Å². The van der Waals surface area contributed by atoms with Gasteiger partial charge in [-0.15, -0.1) is 0 Å². The quantitative estimate of drug-likeness (QED) is 0.796. The Morgan fingerprint density at radius 1 is 1.08 bits per heavy atom. The number of nitrogens with one attached hydrogen (secondary N) is 2. The van der Waals surface area contributed by atoms with E-state index in [1.807, 2.05) is 13.0 Å². The van der Waals surface area contributed by atoms with Crippen LogP contribution in [0.3, 0.4) is 0 Å². The van der Waals surface area contributed by atoms with Gasteiger partial charge in [-0.25, -0.2) is 14.3 Å². The van der Waals surface area contributed by atoms with Crippen molar-refractivity contribution in [2.75, 3.05) is 0 Å². The minimum Gasteiger partial charge on any atom is -0.449 e. The standard InChI is InChI=1S/C18H22N4O4/c1-11(2)20-18(25)21-16(23)13(4)26-17(24)14-5-7-15(8-6-14)22-12(3)9-10-19-22/h5-11,13H,1-4H3,(H2,20,21,23,25)/t13-/m0/s1. The van der Waals surface area contributed by atoms with E-state index in [4.69, 9.17) is 4.74 Å². The Balaban J connectivity index is 1.95. The Labute approximate surface area is 151 Å². The van der Waals surface area contributed by atoms with Crippen LogP contribution >= 0.6 is 0 Å². The Hall–Kier alpha value is -3.16. The van der Waals surface area contributed by atoms with Crippen LogP contribution in [-0.2, 0) is 9.53 Å². The Kier molecular flexibility index (Phi) is 6.11. The number of carbonyl (C=O) groups excluding carboxylic acids is 3. The van der Waals surface area contributed by atoms with E-state index in [2.05, 4.69) is 15.7 Å². The summed E-state index contributed by atoms with van der Waals surface area (Å²) < 4.78 is 6.84. The van der Waals surface area contributed by atoms with Gasteiger partial charge >= 0.3 is 12.0 Å². The summed E-state index contributed by atoms with van der Waals surface area (Å²) in [4.78, 5) is 35.6. The summed E-state index contributed by atoms with van der Waals surface area (Å²) >= 11 is 0. The van der Waals surface area contributed by atoms with E-state index in [1.165, 1.54) is 6.92 Å². The number of aromatic nitrogens is 2. The van der Waals surface area contributed by atoms with Crippen molar-refractivity contribution in [2.45, 2.75) is 39.8 Å². The van der Waals surface area contributed by atoms with E-state index in [0.717, 1.165) is 11.4 Å². The van der Waals surface area contributed by atoms with Crippen LogP contribution in [0.25, 0.3) is 5.69 Å². The maximum atomic E-state index is 12.2. The van der Waals surface area contributed by atoms with Crippen LogP contribution in [0.1, 0.15) is 36.8 Å². The van der Waals surface area contributed by atoms with E-state index in [0.29, 0.717) is 5.56 Å². The van der Waals surface area contributed by atoms with Crippen molar-refractivity contribution >= 4 is 17.9 Å². The number of hydrogen-bond donors (Lipinski definition) is 2. The molecular weight excluding hydrogens is 336 g/mol. The lowest BCUT2D eigenvalue weighted by Crippen LogP contribution is -2.46. The maximum absolute atomic E-state index is 12.2. The van der Waals surface area contributed by atoms with Crippen molar-refractivity contribution in [3.8, 4) is 5.69 Å². The molecule has 1 aromatic heterocycles. The van der Waals surface area contributed by atoms with Gasteiger partial charge in [0.1, 0.15) is 0 Å². The van der Waals surface area contributed by atoms with Gasteiger partial charge in [-0.2, -0.15) is 5.10 Å². The van der Waals surface area contributed by atoms with Crippen molar-refractivity contribution in [1.82, 2.24) is 20.4 Å². The SMILES string of the molecule is Cc1ccnn1-c1ccc(C(=O)O[C@@H](C)C(=O)NC(=O)NC(C)C)cc1. The average molecular weight is 358 g/mol. The number of benzene rings is 1. The Morgan fingerprint density at radius 3 is 2.27 bits per heavy atom. The zero-order valence-corrected chi connectivity index (χ0v) is 15.1. The van der Waals surface area contributed by atoms with Crippen LogP contribution in [0.5, 0.6) is 0 Å². The lowest BCUT2D eigenvalue weighted by molar-refractivity contribution is -0.127. The number of imide groups is 1. The first kappa shape index (κ1) is 19.2. The molecule has 0 saturated carbocycles. The fourth-order valence-corrected chi connectivity index (χ4v) is 2.17. The molecule has 0 unspecified atom stereocenters. The molecule has 0 radical (unpaired) electrons. The van der Waals surface area contributed by atoms with E-state index in [1.54, 1.807) is 49.0 Å². The first-order chi connectivity index (χ1) is 12.3. The highest BCUT2D eigenvalue weighted by atomic mass is 16.5. The van der Waals surface area contributed by atoms with Crippen LogP contribution in [0.15, 0.2) is 36.5 Å². The molecule has 1 atom stereocenters. The van der Waals surface area contributed by atoms with E-state index >= 15 is 0 Å². The number of hydrogen-bond acceptors (Lipinski definition) is 5. The molecule has 0 aliphatic heterocycles. The summed E-state index contributed by atoms with van der Waals surface area (Å²) in [5.74, 6) is -1.35. The van der Waals surface area contributed by atoms with Crippen molar-refractivity contribution in [1.29, 1.82) is 0 Å². The van der Waals surface area contributed by atoms with Crippen molar-refractivity contribution in [3.63, 3.8) is 0 Å². The van der Waals surface area contributed by atoms with Crippen molar-refractivity contribution in [3.05, 3.63) is 47.8 Å². The largest absolute Gasteiger partial charge is 0.449 e. The molecule has 1 heterocycles. The second kappa shape index (κ2) is 8.28. The molecule has 3 amide bonds. The minimum atomic E-state index is -1.10. The highest BCUT2D eigenvalue weighted by molar-refractivity contribution is 5.98. The van der Waals surface area contributed by atoms with Gasteiger partial charge in [-0.05, 0) is 58.0 Å². The second-order valence-corrected chi connectivity index (χ2v) is 6.10. The highest BCUT2D eigenvalue weighted by Gasteiger charge is 2.21. The smallest absolute Gasteiger partial charge is 0.338 e. The first-order valence-corrected chi connectivity index (χ1v) is 8.21. The van der Waals surface area contributed by atoms with Gasteiger partial charge in [0.05, 0.1) is 11.3 Å². The summed E-state index contributed by atoms with van der Waals surface area (Å²) in [6.45, 7) is 6.85. The van der Waals surface area contributed by atoms with E-state index < -0.39 is 24.0 Å². The second-order valence-electron chi connectivity index (χ2n) is 6.10. The molecular formula is C18H22N4O4. The van der Waals surface area contributed by atoms with Crippen molar-refractivity contribution in [2.24, 2.45) is 0 Å². The molecule has 0 aliphatic carbocycles. The van der Waals surface area contributed by atoms with Gasteiger partial charge in [0.25, 0.3) is 5.91 Å². The lowest BCUT2D eigenvalue weighted by atomic mass is 10.2. The molecule has 8 heteroatoms. The molecule has 0 spiro atoms. The molecule has 138 valence electrons. The van der Waals surface area contributed by atoms with Crippen LogP contribution in [0, 0.1) is 6.92 Å². The fourth-order valence-electron chi connectivity index (χ4n) is 2.17. The normalized spacial score (nSPS) is 11.7. The lowest BCUT2D eigenvalue weighted by Gasteiger charge is -2.14. The average Bonchev–Trinajstić information content (AvgIpc) is 3.00. The molecule has 0 saturated heterocycles. The zero-order valence-electron chi connectivity index (χ0n) is 15.1. The number of urea groups is 1. The number of nitrogens with zero attached hydrogens (tertiary/aromatic N) is 2. The minimum absolute atomic E-state index is 0.113. The first-order valence-electron chi connectivity index (χ1n) is 8.21. The number of rotatable bonds is 5. The molecule has 2 N–H and O–H groups in total. The van der Waals surface area contributed by atoms with Gasteiger partial charge in [0.15, 0.2) is 6.10 Å². The third kappa shape index (κ3) is 4.92. The maximum Gasteiger partial charge on any atom is 0.338 e. The molecule has 2 aromatic rings. The number of amides is 3. The summed E-state index contributed by atoms with van der Waals surface area (Å²) in [5, 5.41) is 8.83. The third-order valence-corrected chi connectivity index (χ3v) is 3.49. The molecule has 1 aromatic carbocycles. The van der Waals surface area contributed by atoms with E-state index in [-0.39, 0.29) is 6.04 Å². The summed E-state index contributed by atoms with van der Waals surface area (Å²) in [7, 11) is 0. The van der Waals surface area contributed by atoms with Crippen LogP contribution in [0.2, 0.25) is 0 Å². The predicted molar refractivity (Wildman–Crippen MR) is 95.0 cm³/mol. The summed E-state index contributed by atoms with van der Waals surface area (Å²) in [6, 6.07) is 7.78. The summed E-state index contributed by atoms with van der Waals surface area (Å²) in [5.41, 5.74) is 2.07. The monoisotopic (exact) mass is 358 g/mol. The van der Waals surface area contributed by atoms with Gasteiger partial charge in [-0.3, -0.25) is 10.1 Å². The van der Waals surface area contributed by atoms with Gasteiger partial charge < -0.3 is 10.1 Å². The van der Waals surface area contributed by atoms with Gasteiger partial charge in [0, 0.05) is 17.9 Å². The molecule has 0 aliphatic rings. The molecule has 0 bridgehead atoms. The predicted octanol–water partition coefficient (Wildman–Crippen LogP) is 1.96. The van der Waals surface area contributed by atoms with Crippen LogP contribution in [0.4, 0.5) is 4.79 Å². The van der Waals surface area contributed by atoms with Gasteiger partial charge in [-0.1, -0.05) is 0 Å². The van der Waals surface area contributed by atoms with Crippen molar-refractivity contribution < 1.29 is 19.1 Å². The summed E-state index contributed by atoms with van der Waals surface area (Å²) in [6.07, 6.45) is 0.584. The molecule has 2 rings (SSSR count). The molecule has 0 fully saturated rings. The zero-order chi connectivity index (χ0) is 19.3.